The number of rotatable bonds is 0. The second kappa shape index (κ2) is 2.29. The molecule has 0 aromatic carbocycles. The molecule has 0 fully saturated rings. The minimum absolute atomic E-state index is 0.0868. The summed E-state index contributed by atoms with van der Waals surface area (Å²) < 4.78 is 12.3. The molecule has 1 aliphatic rings. The molecule has 0 aromatic heterocycles. The molecule has 0 N–H and O–H groups in total. The molecule has 0 nitrogen and oxygen atoms in total. The van der Waals surface area contributed by atoms with E-state index in [9.17, 15) is 4.39 Å². The lowest BCUT2D eigenvalue weighted by molar-refractivity contribution is 0.480. The minimum Gasteiger partial charge on any atom is -0.212 e. The van der Waals surface area contributed by atoms with E-state index in [-0.39, 0.29) is 5.83 Å². The molecule has 1 heteroatoms. The van der Waals surface area contributed by atoms with Crippen molar-refractivity contribution in [3.63, 3.8) is 0 Å². The van der Waals surface area contributed by atoms with Crippen LogP contribution in [0, 0.1) is 5.92 Å². The lowest BCUT2D eigenvalue weighted by Gasteiger charge is -2.11. The predicted octanol–water partition coefficient (Wildman–Crippen LogP) is 2.66. The Labute approximate surface area is 49.4 Å². The van der Waals surface area contributed by atoms with Crippen molar-refractivity contribution in [3.8, 4) is 0 Å². The monoisotopic (exact) mass is 114 g/mol. The summed E-state index contributed by atoms with van der Waals surface area (Å²) in [7, 11) is 0. The van der Waals surface area contributed by atoms with E-state index in [0.29, 0.717) is 12.3 Å². The van der Waals surface area contributed by atoms with Crippen LogP contribution >= 0.6 is 0 Å². The highest BCUT2D eigenvalue weighted by Crippen LogP contribution is 2.22. The van der Waals surface area contributed by atoms with E-state index in [1.807, 2.05) is 0 Å². The lowest BCUT2D eigenvalue weighted by atomic mass is 9.97. The number of hydrogen-bond acceptors (Lipinski definition) is 0. The largest absolute Gasteiger partial charge is 0.212 e. The summed E-state index contributed by atoms with van der Waals surface area (Å²) in [4.78, 5) is 0. The standard InChI is InChI=1S/C7H11F/c1-6-3-2-4-7(8)5-6/h5-6H,2-4H2,1H3. The Balaban J connectivity index is 2.50. The summed E-state index contributed by atoms with van der Waals surface area (Å²) in [6.45, 7) is 2.05. The topological polar surface area (TPSA) is 0 Å². The van der Waals surface area contributed by atoms with Gasteiger partial charge in [0, 0.05) is 0 Å². The third kappa shape index (κ3) is 1.32. The van der Waals surface area contributed by atoms with E-state index < -0.39 is 0 Å². The van der Waals surface area contributed by atoms with Gasteiger partial charge in [0.1, 0.15) is 0 Å². The molecule has 8 heavy (non-hydrogen) atoms. The molecule has 0 saturated heterocycles. The van der Waals surface area contributed by atoms with E-state index in [1.165, 1.54) is 0 Å². The van der Waals surface area contributed by atoms with Gasteiger partial charge in [0.15, 0.2) is 0 Å². The molecule has 1 unspecified atom stereocenters. The molecule has 0 saturated carbocycles. The first kappa shape index (κ1) is 5.80. The van der Waals surface area contributed by atoms with Gasteiger partial charge >= 0.3 is 0 Å². The summed E-state index contributed by atoms with van der Waals surface area (Å²) in [5, 5.41) is 0. The zero-order valence-electron chi connectivity index (χ0n) is 5.15. The van der Waals surface area contributed by atoms with Crippen molar-refractivity contribution in [2.45, 2.75) is 26.2 Å². The molecule has 46 valence electrons. The Kier molecular flexibility index (Phi) is 1.66. The smallest absolute Gasteiger partial charge is 0.0962 e. The van der Waals surface area contributed by atoms with Crippen LogP contribution in [-0.2, 0) is 0 Å². The minimum atomic E-state index is 0.0868. The third-order valence-electron chi connectivity index (χ3n) is 1.54. The maximum atomic E-state index is 12.3. The fourth-order valence-corrected chi connectivity index (χ4v) is 1.07. The summed E-state index contributed by atoms with van der Waals surface area (Å²) in [6, 6.07) is 0. The van der Waals surface area contributed by atoms with Crippen molar-refractivity contribution < 1.29 is 4.39 Å². The van der Waals surface area contributed by atoms with Crippen molar-refractivity contribution in [3.05, 3.63) is 11.9 Å². The highest BCUT2D eigenvalue weighted by Gasteiger charge is 2.07. The van der Waals surface area contributed by atoms with Crippen molar-refractivity contribution >= 4 is 0 Å². The molecule has 1 atom stereocenters. The summed E-state index contributed by atoms with van der Waals surface area (Å²) >= 11 is 0. The van der Waals surface area contributed by atoms with Crippen LogP contribution in [0.25, 0.3) is 0 Å². The maximum Gasteiger partial charge on any atom is 0.0962 e. The maximum absolute atomic E-state index is 12.3. The normalized spacial score (nSPS) is 29.8. The van der Waals surface area contributed by atoms with Crippen LogP contribution in [0.4, 0.5) is 4.39 Å². The quantitative estimate of drug-likeness (QED) is 0.454. The van der Waals surface area contributed by atoms with Gasteiger partial charge in [-0.05, 0) is 25.2 Å². The van der Waals surface area contributed by atoms with Gasteiger partial charge in [-0.15, -0.1) is 0 Å². The molecule has 1 aliphatic carbocycles. The van der Waals surface area contributed by atoms with E-state index >= 15 is 0 Å². The second-order valence-corrected chi connectivity index (χ2v) is 2.48. The number of halogens is 1. The van der Waals surface area contributed by atoms with Gasteiger partial charge in [-0.2, -0.15) is 0 Å². The van der Waals surface area contributed by atoms with Gasteiger partial charge in [-0.1, -0.05) is 13.0 Å². The average molecular weight is 114 g/mol. The number of allylic oxidation sites excluding steroid dienone is 2. The summed E-state index contributed by atoms with van der Waals surface area (Å²) in [5.74, 6) is 0.563. The molecule has 0 radical (unpaired) electrons. The van der Waals surface area contributed by atoms with Crippen LogP contribution in [-0.4, -0.2) is 0 Å². The molecule has 0 bridgehead atoms. The van der Waals surface area contributed by atoms with Gasteiger partial charge in [-0.3, -0.25) is 0 Å². The van der Waals surface area contributed by atoms with E-state index in [1.54, 1.807) is 6.08 Å². The van der Waals surface area contributed by atoms with Gasteiger partial charge in [0.2, 0.25) is 0 Å². The summed E-state index contributed by atoms with van der Waals surface area (Å²) in [6.07, 6.45) is 4.59. The lowest BCUT2D eigenvalue weighted by Crippen LogP contribution is -1.96. The Morgan fingerprint density at radius 1 is 1.75 bits per heavy atom. The Hall–Kier alpha value is -0.330. The molecule has 1 rings (SSSR count). The Bertz CT molecular complexity index is 105. The van der Waals surface area contributed by atoms with Crippen LogP contribution in [0.5, 0.6) is 0 Å². The van der Waals surface area contributed by atoms with Crippen molar-refractivity contribution in [2.24, 2.45) is 5.92 Å². The predicted molar refractivity (Wildman–Crippen MR) is 32.2 cm³/mol. The third-order valence-corrected chi connectivity index (χ3v) is 1.54. The fourth-order valence-electron chi connectivity index (χ4n) is 1.07. The van der Waals surface area contributed by atoms with E-state index in [0.717, 1.165) is 12.8 Å². The van der Waals surface area contributed by atoms with Gasteiger partial charge in [0.25, 0.3) is 0 Å². The van der Waals surface area contributed by atoms with Crippen LogP contribution in [0.15, 0.2) is 11.9 Å². The van der Waals surface area contributed by atoms with Gasteiger partial charge in [-0.25, -0.2) is 4.39 Å². The molecular formula is C7H11F. The first-order valence-electron chi connectivity index (χ1n) is 3.15. The van der Waals surface area contributed by atoms with Crippen molar-refractivity contribution in [1.29, 1.82) is 0 Å². The summed E-state index contributed by atoms with van der Waals surface area (Å²) in [5.41, 5.74) is 0. The first-order valence-corrected chi connectivity index (χ1v) is 3.15. The molecular weight excluding hydrogens is 103 g/mol. The SMILES string of the molecule is CC1C=C(F)CCC1. The number of hydrogen-bond donors (Lipinski definition) is 0. The van der Waals surface area contributed by atoms with Gasteiger partial charge in [0.05, 0.1) is 5.83 Å². The second-order valence-electron chi connectivity index (χ2n) is 2.48. The molecule has 0 heterocycles. The van der Waals surface area contributed by atoms with E-state index in [4.69, 9.17) is 0 Å². The Morgan fingerprint density at radius 3 is 2.88 bits per heavy atom. The highest BCUT2D eigenvalue weighted by atomic mass is 19.1. The van der Waals surface area contributed by atoms with E-state index in [2.05, 4.69) is 6.92 Å². The zero-order valence-corrected chi connectivity index (χ0v) is 5.15. The fraction of sp³-hybridized carbons (Fsp3) is 0.714. The highest BCUT2D eigenvalue weighted by molar-refractivity contribution is 4.98. The Morgan fingerprint density at radius 2 is 2.50 bits per heavy atom. The van der Waals surface area contributed by atoms with Crippen molar-refractivity contribution in [1.82, 2.24) is 0 Å². The van der Waals surface area contributed by atoms with Crippen LogP contribution in [0.3, 0.4) is 0 Å². The molecule has 0 aromatic rings. The first-order chi connectivity index (χ1) is 3.79. The van der Waals surface area contributed by atoms with Crippen LogP contribution in [0.1, 0.15) is 26.2 Å². The molecule has 0 spiro atoms. The van der Waals surface area contributed by atoms with Crippen LogP contribution < -0.4 is 0 Å². The van der Waals surface area contributed by atoms with Gasteiger partial charge < -0.3 is 0 Å². The van der Waals surface area contributed by atoms with Crippen LogP contribution in [0.2, 0.25) is 0 Å². The van der Waals surface area contributed by atoms with Crippen molar-refractivity contribution in [2.75, 3.05) is 0 Å². The average Bonchev–Trinajstić information content (AvgIpc) is 1.64. The zero-order chi connectivity index (χ0) is 5.98. The molecule has 0 aliphatic heterocycles. The molecule has 0 amide bonds.